The van der Waals surface area contributed by atoms with Gasteiger partial charge >= 0.3 is 0 Å². The molecule has 0 aliphatic carbocycles. The summed E-state index contributed by atoms with van der Waals surface area (Å²) in [5.74, 6) is 0. The minimum atomic E-state index is 0.0482. The highest BCUT2D eigenvalue weighted by Crippen LogP contribution is 2.41. The van der Waals surface area contributed by atoms with E-state index in [1.165, 1.54) is 25.7 Å². The maximum atomic E-state index is 6.12. The first kappa shape index (κ1) is 17.1. The molecule has 0 aliphatic rings. The van der Waals surface area contributed by atoms with E-state index in [1.807, 2.05) is 0 Å². The van der Waals surface area contributed by atoms with E-state index >= 15 is 0 Å². The van der Waals surface area contributed by atoms with Crippen LogP contribution in [-0.2, 0) is 5.41 Å². The predicted octanol–water partition coefficient (Wildman–Crippen LogP) is 7.77. The second kappa shape index (κ2) is 5.88. The van der Waals surface area contributed by atoms with Gasteiger partial charge in [0, 0.05) is 20.3 Å². The van der Waals surface area contributed by atoms with Gasteiger partial charge in [0.05, 0.1) is 11.1 Å². The molecule has 0 aliphatic heterocycles. The average Bonchev–Trinajstić information content (AvgIpc) is 3.41. The third kappa shape index (κ3) is 2.54. The Balaban J connectivity index is 1.72. The SMILES string of the molecule is CC(C)(C)c1cc(-c2ncnc3oc4cc5sccc5cc4c23)cc2ccsc12. The van der Waals surface area contributed by atoms with E-state index in [0.717, 1.165) is 27.6 Å². The van der Waals surface area contributed by atoms with E-state index < -0.39 is 0 Å². The van der Waals surface area contributed by atoms with E-state index in [2.05, 4.69) is 72.9 Å². The van der Waals surface area contributed by atoms with Crippen molar-refractivity contribution in [3.63, 3.8) is 0 Å². The van der Waals surface area contributed by atoms with Gasteiger partial charge in [-0.1, -0.05) is 20.8 Å². The van der Waals surface area contributed by atoms with Gasteiger partial charge in [0.2, 0.25) is 5.71 Å². The minimum absolute atomic E-state index is 0.0482. The van der Waals surface area contributed by atoms with Crippen LogP contribution in [0, 0.1) is 0 Å². The first-order valence-electron chi connectivity index (χ1n) is 9.55. The molecule has 4 aromatic heterocycles. The van der Waals surface area contributed by atoms with Crippen molar-refractivity contribution in [3.05, 3.63) is 59.0 Å². The molecule has 2 aromatic carbocycles. The van der Waals surface area contributed by atoms with Gasteiger partial charge in [-0.3, -0.25) is 0 Å². The topological polar surface area (TPSA) is 38.9 Å². The lowest BCUT2D eigenvalue weighted by Gasteiger charge is -2.21. The number of nitrogens with zero attached hydrogens (tertiary/aromatic N) is 2. The zero-order chi connectivity index (χ0) is 19.8. The molecule has 5 heteroatoms. The van der Waals surface area contributed by atoms with Crippen molar-refractivity contribution in [3.8, 4) is 11.3 Å². The highest BCUT2D eigenvalue weighted by molar-refractivity contribution is 7.17. The van der Waals surface area contributed by atoms with E-state index in [0.29, 0.717) is 5.71 Å². The van der Waals surface area contributed by atoms with Crippen molar-refractivity contribution in [2.24, 2.45) is 0 Å². The van der Waals surface area contributed by atoms with Crippen LogP contribution < -0.4 is 0 Å². The third-order valence-corrected chi connectivity index (χ3v) is 7.32. The number of furan rings is 1. The molecule has 0 fully saturated rings. The molecule has 29 heavy (non-hydrogen) atoms. The van der Waals surface area contributed by atoms with Gasteiger partial charge in [0.1, 0.15) is 11.9 Å². The normalized spacial score (nSPS) is 12.7. The standard InChI is InChI=1S/C24H18N2OS2/c1-24(2,3)17-10-15(8-14-5-7-29-22(14)17)21-20-16-9-13-4-6-28-19(13)11-18(16)27-23(20)26-12-25-21/h4-12H,1-3H3. The Morgan fingerprint density at radius 2 is 1.72 bits per heavy atom. The Bertz CT molecular complexity index is 1550. The Morgan fingerprint density at radius 3 is 2.59 bits per heavy atom. The Morgan fingerprint density at radius 1 is 0.897 bits per heavy atom. The van der Waals surface area contributed by atoms with Crippen molar-refractivity contribution < 1.29 is 4.42 Å². The zero-order valence-corrected chi connectivity index (χ0v) is 17.9. The highest BCUT2D eigenvalue weighted by atomic mass is 32.1. The van der Waals surface area contributed by atoms with Crippen LogP contribution in [0.5, 0.6) is 0 Å². The lowest BCUT2D eigenvalue weighted by atomic mass is 9.85. The lowest BCUT2D eigenvalue weighted by molar-refractivity contribution is 0.597. The summed E-state index contributed by atoms with van der Waals surface area (Å²) in [7, 11) is 0. The molecule has 6 rings (SSSR count). The molecule has 3 nitrogen and oxygen atoms in total. The predicted molar refractivity (Wildman–Crippen MR) is 124 cm³/mol. The van der Waals surface area contributed by atoms with Gasteiger partial charge in [0.25, 0.3) is 0 Å². The molecule has 6 aromatic rings. The molecule has 0 unspecified atom stereocenters. The summed E-state index contributed by atoms with van der Waals surface area (Å²) >= 11 is 3.53. The van der Waals surface area contributed by atoms with Crippen molar-refractivity contribution in [2.45, 2.75) is 26.2 Å². The smallest absolute Gasteiger partial charge is 0.230 e. The summed E-state index contributed by atoms with van der Waals surface area (Å²) in [4.78, 5) is 9.15. The number of thiophene rings is 2. The second-order valence-electron chi connectivity index (χ2n) is 8.42. The summed E-state index contributed by atoms with van der Waals surface area (Å²) < 4.78 is 8.69. The van der Waals surface area contributed by atoms with Gasteiger partial charge in [-0.2, -0.15) is 0 Å². The Kier molecular flexibility index (Phi) is 3.47. The molecule has 142 valence electrons. The highest BCUT2D eigenvalue weighted by Gasteiger charge is 2.22. The van der Waals surface area contributed by atoms with E-state index in [-0.39, 0.29) is 5.41 Å². The van der Waals surface area contributed by atoms with Crippen molar-refractivity contribution >= 4 is 64.9 Å². The van der Waals surface area contributed by atoms with Crippen molar-refractivity contribution in [1.82, 2.24) is 9.97 Å². The van der Waals surface area contributed by atoms with Crippen LogP contribution in [0.25, 0.3) is 53.5 Å². The van der Waals surface area contributed by atoms with Crippen LogP contribution in [0.2, 0.25) is 0 Å². The summed E-state index contributed by atoms with van der Waals surface area (Å²) in [6.45, 7) is 6.80. The third-order valence-electron chi connectivity index (χ3n) is 5.48. The first-order valence-corrected chi connectivity index (χ1v) is 11.3. The number of hydrogen-bond acceptors (Lipinski definition) is 5. The van der Waals surface area contributed by atoms with Crippen LogP contribution >= 0.6 is 22.7 Å². The molecule has 0 spiro atoms. The van der Waals surface area contributed by atoms with Crippen LogP contribution in [0.15, 0.2) is 57.9 Å². The Hall–Kier alpha value is -2.76. The van der Waals surface area contributed by atoms with Gasteiger partial charge in [-0.25, -0.2) is 9.97 Å². The molecular formula is C24H18N2OS2. The average molecular weight is 415 g/mol. The molecule has 0 saturated carbocycles. The van der Waals surface area contributed by atoms with Crippen molar-refractivity contribution in [1.29, 1.82) is 0 Å². The number of benzene rings is 2. The summed E-state index contributed by atoms with van der Waals surface area (Å²) in [6.07, 6.45) is 1.61. The zero-order valence-electron chi connectivity index (χ0n) is 16.3. The van der Waals surface area contributed by atoms with Crippen LogP contribution in [0.3, 0.4) is 0 Å². The molecular weight excluding hydrogens is 396 g/mol. The molecule has 4 heterocycles. The van der Waals surface area contributed by atoms with Gasteiger partial charge in [-0.05, 0) is 68.9 Å². The van der Waals surface area contributed by atoms with Crippen molar-refractivity contribution in [2.75, 3.05) is 0 Å². The van der Waals surface area contributed by atoms with Crippen LogP contribution in [-0.4, -0.2) is 9.97 Å². The fourth-order valence-electron chi connectivity index (χ4n) is 4.06. The Labute approximate surface area is 175 Å². The monoisotopic (exact) mass is 414 g/mol. The molecule has 0 bridgehead atoms. The number of hydrogen-bond donors (Lipinski definition) is 0. The van der Waals surface area contributed by atoms with Gasteiger partial charge in [-0.15, -0.1) is 22.7 Å². The number of aromatic nitrogens is 2. The molecule has 0 amide bonds. The van der Waals surface area contributed by atoms with Crippen LogP contribution in [0.1, 0.15) is 26.3 Å². The van der Waals surface area contributed by atoms with E-state index in [4.69, 9.17) is 9.40 Å². The molecule has 0 radical (unpaired) electrons. The first-order chi connectivity index (χ1) is 14.0. The van der Waals surface area contributed by atoms with Gasteiger partial charge in [0.15, 0.2) is 0 Å². The number of fused-ring (bicyclic) bond motifs is 5. The lowest BCUT2D eigenvalue weighted by Crippen LogP contribution is -2.11. The fraction of sp³-hybridized carbons (Fsp3) is 0.167. The van der Waals surface area contributed by atoms with E-state index in [1.54, 1.807) is 29.0 Å². The summed E-state index contributed by atoms with van der Waals surface area (Å²) in [6, 6.07) is 13.2. The largest absolute Gasteiger partial charge is 0.438 e. The molecule has 0 saturated heterocycles. The van der Waals surface area contributed by atoms with Crippen LogP contribution in [0.4, 0.5) is 0 Å². The maximum absolute atomic E-state index is 6.12. The maximum Gasteiger partial charge on any atom is 0.230 e. The fourth-order valence-corrected chi connectivity index (χ4v) is 5.96. The quantitative estimate of drug-likeness (QED) is 0.276. The molecule has 0 N–H and O–H groups in total. The second-order valence-corrected chi connectivity index (χ2v) is 10.3. The molecule has 0 atom stereocenters. The number of rotatable bonds is 1. The van der Waals surface area contributed by atoms with Gasteiger partial charge < -0.3 is 4.42 Å². The summed E-state index contributed by atoms with van der Waals surface area (Å²) in [5.41, 5.74) is 4.95. The summed E-state index contributed by atoms with van der Waals surface area (Å²) in [5, 5.41) is 8.83. The van der Waals surface area contributed by atoms with E-state index in [9.17, 15) is 0 Å². The minimum Gasteiger partial charge on any atom is -0.438 e.